The molecule has 4 heteroatoms. The molecule has 0 unspecified atom stereocenters. The molecule has 56 valence electrons. The van der Waals surface area contributed by atoms with E-state index < -0.39 is 0 Å². The number of nitrogens with one attached hydrogen (secondary N) is 1. The number of thiazole rings is 1. The van der Waals surface area contributed by atoms with Gasteiger partial charge in [-0.15, -0.1) is 11.3 Å². The van der Waals surface area contributed by atoms with Crippen molar-refractivity contribution in [2.24, 2.45) is 0 Å². The smallest absolute Gasteiger partial charge is 0.140 e. The molecule has 0 aliphatic carbocycles. The minimum Gasteiger partial charge on any atom is -0.359 e. The van der Waals surface area contributed by atoms with Crippen LogP contribution < -0.4 is 0 Å². The van der Waals surface area contributed by atoms with Crippen molar-refractivity contribution in [1.29, 1.82) is 0 Å². The molecule has 2 nitrogen and oxygen atoms in total. The highest BCUT2D eigenvalue weighted by molar-refractivity contribution is 9.10. The lowest BCUT2D eigenvalue weighted by molar-refractivity contribution is 1.31. The second-order valence-electron chi connectivity index (χ2n) is 2.06. The minimum absolute atomic E-state index is 0.895. The van der Waals surface area contributed by atoms with Crippen LogP contribution in [-0.4, -0.2) is 9.97 Å². The molecule has 0 fully saturated rings. The van der Waals surface area contributed by atoms with Crippen LogP contribution in [0.2, 0.25) is 0 Å². The highest BCUT2D eigenvalue weighted by Gasteiger charge is 2.01. The molecule has 2 aromatic rings. The lowest BCUT2D eigenvalue weighted by Crippen LogP contribution is -1.72. The molecule has 0 amide bonds. The van der Waals surface area contributed by atoms with Gasteiger partial charge in [-0.05, 0) is 28.1 Å². The molecule has 0 saturated carbocycles. The Hall–Kier alpha value is -0.610. The summed E-state index contributed by atoms with van der Waals surface area (Å²) < 4.78 is 0.895. The molecule has 0 spiro atoms. The highest BCUT2D eigenvalue weighted by Crippen LogP contribution is 2.23. The van der Waals surface area contributed by atoms with Crippen LogP contribution in [0.25, 0.3) is 10.7 Å². The Labute approximate surface area is 76.4 Å². The Morgan fingerprint density at radius 1 is 1.55 bits per heavy atom. The Balaban J connectivity index is 2.45. The molecule has 2 heterocycles. The molecule has 0 saturated heterocycles. The molecule has 0 aliphatic heterocycles. The normalized spacial score (nSPS) is 10.3. The van der Waals surface area contributed by atoms with Crippen molar-refractivity contribution in [2.45, 2.75) is 0 Å². The SMILES string of the molecule is Brc1csc(-c2ccc[nH]2)n1. The van der Waals surface area contributed by atoms with Gasteiger partial charge in [-0.25, -0.2) is 4.98 Å². The Morgan fingerprint density at radius 3 is 3.00 bits per heavy atom. The van der Waals surface area contributed by atoms with Gasteiger partial charge in [0.15, 0.2) is 0 Å². The van der Waals surface area contributed by atoms with Crippen molar-refractivity contribution < 1.29 is 0 Å². The van der Waals surface area contributed by atoms with Gasteiger partial charge in [0.25, 0.3) is 0 Å². The van der Waals surface area contributed by atoms with E-state index in [1.54, 1.807) is 11.3 Å². The maximum atomic E-state index is 4.26. The molecule has 1 N–H and O–H groups in total. The van der Waals surface area contributed by atoms with E-state index in [-0.39, 0.29) is 0 Å². The Morgan fingerprint density at radius 2 is 2.45 bits per heavy atom. The van der Waals surface area contributed by atoms with Gasteiger partial charge in [0.2, 0.25) is 0 Å². The van der Waals surface area contributed by atoms with Crippen LogP contribution in [0, 0.1) is 0 Å². The molecule has 2 aromatic heterocycles. The fourth-order valence-corrected chi connectivity index (χ4v) is 2.08. The van der Waals surface area contributed by atoms with E-state index in [1.807, 2.05) is 23.7 Å². The van der Waals surface area contributed by atoms with Crippen LogP contribution in [0.15, 0.2) is 28.3 Å². The molecular weight excluding hydrogens is 224 g/mol. The molecular formula is C7H5BrN2S. The van der Waals surface area contributed by atoms with Crippen LogP contribution in [0.5, 0.6) is 0 Å². The summed E-state index contributed by atoms with van der Waals surface area (Å²) in [5.74, 6) is 0. The van der Waals surface area contributed by atoms with Gasteiger partial charge in [0, 0.05) is 11.6 Å². The maximum Gasteiger partial charge on any atom is 0.140 e. The molecule has 11 heavy (non-hydrogen) atoms. The first kappa shape index (κ1) is 7.06. The molecule has 0 aliphatic rings. The third kappa shape index (κ3) is 1.36. The number of aromatic nitrogens is 2. The number of halogens is 1. The molecule has 0 radical (unpaired) electrons. The van der Waals surface area contributed by atoms with Gasteiger partial charge in [-0.3, -0.25) is 0 Å². The van der Waals surface area contributed by atoms with Crippen LogP contribution in [0.4, 0.5) is 0 Å². The summed E-state index contributed by atoms with van der Waals surface area (Å²) in [7, 11) is 0. The number of hydrogen-bond donors (Lipinski definition) is 1. The number of aromatic amines is 1. The van der Waals surface area contributed by atoms with Gasteiger partial charge in [0.1, 0.15) is 9.61 Å². The summed E-state index contributed by atoms with van der Waals surface area (Å²) in [4.78, 5) is 7.35. The number of H-pyrrole nitrogens is 1. The average molecular weight is 229 g/mol. The van der Waals surface area contributed by atoms with Crippen molar-refractivity contribution in [3.8, 4) is 10.7 Å². The number of rotatable bonds is 1. The fourth-order valence-electron chi connectivity index (χ4n) is 0.841. The first-order valence-corrected chi connectivity index (χ1v) is 4.78. The summed E-state index contributed by atoms with van der Waals surface area (Å²) in [5.41, 5.74) is 1.07. The standard InChI is InChI=1S/C7H5BrN2S/c8-6-4-11-7(10-6)5-2-1-3-9-5/h1-4,9H. The van der Waals surface area contributed by atoms with Gasteiger partial charge >= 0.3 is 0 Å². The second kappa shape index (κ2) is 2.79. The quantitative estimate of drug-likeness (QED) is 0.800. The minimum atomic E-state index is 0.895. The van der Waals surface area contributed by atoms with E-state index in [9.17, 15) is 0 Å². The lowest BCUT2D eigenvalue weighted by Gasteiger charge is -1.85. The van der Waals surface area contributed by atoms with Gasteiger partial charge in [-0.2, -0.15) is 0 Å². The fraction of sp³-hybridized carbons (Fsp3) is 0. The summed E-state index contributed by atoms with van der Waals surface area (Å²) in [6.45, 7) is 0. The van der Waals surface area contributed by atoms with E-state index in [0.717, 1.165) is 15.3 Å². The van der Waals surface area contributed by atoms with Gasteiger partial charge in [-0.1, -0.05) is 0 Å². The van der Waals surface area contributed by atoms with Crippen LogP contribution >= 0.6 is 27.3 Å². The van der Waals surface area contributed by atoms with Crippen molar-refractivity contribution in [3.05, 3.63) is 28.3 Å². The summed E-state index contributed by atoms with van der Waals surface area (Å²) in [6, 6.07) is 3.97. The second-order valence-corrected chi connectivity index (χ2v) is 3.73. The Kier molecular flexibility index (Phi) is 1.79. The van der Waals surface area contributed by atoms with E-state index >= 15 is 0 Å². The largest absolute Gasteiger partial charge is 0.359 e. The molecule has 0 bridgehead atoms. The van der Waals surface area contributed by atoms with Crippen molar-refractivity contribution >= 4 is 27.3 Å². The van der Waals surface area contributed by atoms with Crippen molar-refractivity contribution in [1.82, 2.24) is 9.97 Å². The number of nitrogens with zero attached hydrogens (tertiary/aromatic N) is 1. The average Bonchev–Trinajstić information content (AvgIpc) is 2.55. The lowest BCUT2D eigenvalue weighted by atomic mass is 10.5. The van der Waals surface area contributed by atoms with Gasteiger partial charge in [0.05, 0.1) is 5.69 Å². The first-order valence-electron chi connectivity index (χ1n) is 3.11. The van der Waals surface area contributed by atoms with Crippen molar-refractivity contribution in [2.75, 3.05) is 0 Å². The van der Waals surface area contributed by atoms with Crippen LogP contribution in [-0.2, 0) is 0 Å². The van der Waals surface area contributed by atoms with Gasteiger partial charge < -0.3 is 4.98 Å². The summed E-state index contributed by atoms with van der Waals surface area (Å²) in [6.07, 6.45) is 1.89. The predicted octanol–water partition coefficient (Wildman–Crippen LogP) is 2.90. The maximum absolute atomic E-state index is 4.26. The van der Waals surface area contributed by atoms with Crippen molar-refractivity contribution in [3.63, 3.8) is 0 Å². The predicted molar refractivity (Wildman–Crippen MR) is 49.6 cm³/mol. The zero-order valence-electron chi connectivity index (χ0n) is 5.54. The van der Waals surface area contributed by atoms with Crippen LogP contribution in [0.1, 0.15) is 0 Å². The zero-order valence-corrected chi connectivity index (χ0v) is 7.95. The first-order chi connectivity index (χ1) is 5.36. The van der Waals surface area contributed by atoms with E-state index in [2.05, 4.69) is 25.9 Å². The third-order valence-electron chi connectivity index (χ3n) is 1.30. The highest BCUT2D eigenvalue weighted by atomic mass is 79.9. The molecule has 0 aromatic carbocycles. The van der Waals surface area contributed by atoms with E-state index in [4.69, 9.17) is 0 Å². The summed E-state index contributed by atoms with van der Waals surface area (Å²) in [5, 5.41) is 2.98. The Bertz CT molecular complexity index is 339. The topological polar surface area (TPSA) is 28.7 Å². The monoisotopic (exact) mass is 228 g/mol. The van der Waals surface area contributed by atoms with Crippen LogP contribution in [0.3, 0.4) is 0 Å². The van der Waals surface area contributed by atoms with E-state index in [0.29, 0.717) is 0 Å². The van der Waals surface area contributed by atoms with E-state index in [1.165, 1.54) is 0 Å². The zero-order chi connectivity index (χ0) is 7.68. The number of hydrogen-bond acceptors (Lipinski definition) is 2. The summed E-state index contributed by atoms with van der Waals surface area (Å²) >= 11 is 4.92. The molecule has 0 atom stereocenters. The molecule has 2 rings (SSSR count). The third-order valence-corrected chi connectivity index (χ3v) is 2.89.